The van der Waals surface area contributed by atoms with Gasteiger partial charge in [-0.3, -0.25) is 9.69 Å². The number of carboxylic acids is 1. The van der Waals surface area contributed by atoms with Crippen LogP contribution < -0.4 is 16.2 Å². The molecule has 1 fully saturated rings. The van der Waals surface area contributed by atoms with Gasteiger partial charge >= 0.3 is 5.97 Å². The molecule has 178 valence electrons. The SMILES string of the molecule is CCn1cc(C(=O)O)c(=O)c2cc(F)c(N3CCN(C/C(=N/N)c4ccc(F)cc4)CC3)cc21. The van der Waals surface area contributed by atoms with Crippen LogP contribution in [0.15, 0.2) is 52.5 Å². The van der Waals surface area contributed by atoms with Crippen molar-refractivity contribution in [1.29, 1.82) is 0 Å². The van der Waals surface area contributed by atoms with E-state index in [9.17, 15) is 19.1 Å². The zero-order valence-corrected chi connectivity index (χ0v) is 18.7. The lowest BCUT2D eigenvalue weighted by Crippen LogP contribution is -2.48. The van der Waals surface area contributed by atoms with Gasteiger partial charge in [-0.1, -0.05) is 12.1 Å². The molecular formula is C24H25F2N5O3. The number of hydrogen-bond acceptors (Lipinski definition) is 6. The molecule has 0 spiro atoms. The summed E-state index contributed by atoms with van der Waals surface area (Å²) in [5, 5.41) is 13.2. The third kappa shape index (κ3) is 4.49. The van der Waals surface area contributed by atoms with Crippen molar-refractivity contribution in [2.45, 2.75) is 13.5 Å². The maximum atomic E-state index is 15.1. The number of nitrogens with zero attached hydrogens (tertiary/aromatic N) is 4. The third-order valence-electron chi connectivity index (χ3n) is 6.14. The summed E-state index contributed by atoms with van der Waals surface area (Å²) in [7, 11) is 0. The first-order chi connectivity index (χ1) is 16.3. The number of benzene rings is 2. The number of hydrogen-bond donors (Lipinski definition) is 2. The van der Waals surface area contributed by atoms with E-state index in [1.54, 1.807) is 22.8 Å². The number of piperazine rings is 1. The molecule has 3 N–H and O–H groups in total. The van der Waals surface area contributed by atoms with E-state index < -0.39 is 17.2 Å². The standard InChI is InChI=1S/C24H25F2N5O3/c1-2-30-13-18(24(33)34)23(32)17-11-19(26)22(12-21(17)30)31-9-7-29(8-10-31)14-20(28-27)15-3-5-16(25)6-4-15/h3-6,11-13H,2,7-10,14,27H2,1H3,(H,33,34)/b28-20-. The lowest BCUT2D eigenvalue weighted by molar-refractivity contribution is 0.0695. The fourth-order valence-electron chi connectivity index (χ4n) is 4.26. The molecule has 0 radical (unpaired) electrons. The summed E-state index contributed by atoms with van der Waals surface area (Å²) in [5.41, 5.74) is 1.15. The third-order valence-corrected chi connectivity index (χ3v) is 6.14. The van der Waals surface area contributed by atoms with Crippen molar-refractivity contribution < 1.29 is 18.7 Å². The molecule has 34 heavy (non-hydrogen) atoms. The molecule has 1 aliphatic rings. The smallest absolute Gasteiger partial charge is 0.341 e. The highest BCUT2D eigenvalue weighted by Gasteiger charge is 2.23. The van der Waals surface area contributed by atoms with Crippen LogP contribution in [0.1, 0.15) is 22.8 Å². The normalized spacial score (nSPS) is 15.1. The highest BCUT2D eigenvalue weighted by Crippen LogP contribution is 2.26. The molecule has 4 rings (SSSR count). The monoisotopic (exact) mass is 469 g/mol. The van der Waals surface area contributed by atoms with Crippen LogP contribution in [0.3, 0.4) is 0 Å². The Morgan fingerprint density at radius 3 is 2.38 bits per heavy atom. The van der Waals surface area contributed by atoms with Gasteiger partial charge in [0.2, 0.25) is 5.43 Å². The number of rotatable bonds is 6. The summed E-state index contributed by atoms with van der Waals surface area (Å²) in [4.78, 5) is 28.0. The van der Waals surface area contributed by atoms with E-state index in [0.717, 1.165) is 11.6 Å². The van der Waals surface area contributed by atoms with Crippen LogP contribution in [0.5, 0.6) is 0 Å². The predicted octanol–water partition coefficient (Wildman–Crippen LogP) is 2.48. The molecule has 0 atom stereocenters. The number of carboxylic acid groups (broad SMARTS) is 1. The maximum absolute atomic E-state index is 15.1. The summed E-state index contributed by atoms with van der Waals surface area (Å²) >= 11 is 0. The molecule has 1 aromatic heterocycles. The molecule has 3 aromatic rings. The van der Waals surface area contributed by atoms with Crippen LogP contribution in [0.25, 0.3) is 10.9 Å². The minimum atomic E-state index is -1.34. The number of pyridine rings is 1. The van der Waals surface area contributed by atoms with Crippen molar-refractivity contribution in [3.8, 4) is 0 Å². The lowest BCUT2D eigenvalue weighted by atomic mass is 10.1. The number of aromatic carboxylic acids is 1. The van der Waals surface area contributed by atoms with Crippen molar-refractivity contribution in [2.75, 3.05) is 37.6 Å². The van der Waals surface area contributed by atoms with Crippen molar-refractivity contribution in [1.82, 2.24) is 9.47 Å². The second kappa shape index (κ2) is 9.60. The zero-order chi connectivity index (χ0) is 24.4. The van der Waals surface area contributed by atoms with Crippen molar-refractivity contribution in [3.63, 3.8) is 0 Å². The number of carbonyl (C=O) groups is 1. The quantitative estimate of drug-likeness (QED) is 0.327. The second-order valence-corrected chi connectivity index (χ2v) is 8.13. The van der Waals surface area contributed by atoms with Crippen LogP contribution in [-0.4, -0.2) is 59.0 Å². The molecule has 0 bridgehead atoms. The molecule has 0 aliphatic carbocycles. The number of aryl methyl sites for hydroxylation is 1. The molecule has 0 saturated carbocycles. The Labute approximate surface area is 194 Å². The van der Waals surface area contributed by atoms with Crippen LogP contribution >= 0.6 is 0 Å². The molecule has 0 unspecified atom stereocenters. The maximum Gasteiger partial charge on any atom is 0.341 e. The molecule has 1 aliphatic heterocycles. The van der Waals surface area contributed by atoms with Gasteiger partial charge in [0, 0.05) is 50.9 Å². The van der Waals surface area contributed by atoms with Gasteiger partial charge in [0.1, 0.15) is 17.2 Å². The van der Waals surface area contributed by atoms with Crippen LogP contribution in [-0.2, 0) is 6.54 Å². The summed E-state index contributed by atoms with van der Waals surface area (Å²) in [6.45, 7) is 5.05. The Hall–Kier alpha value is -3.79. The Morgan fingerprint density at radius 1 is 1.12 bits per heavy atom. The van der Waals surface area contributed by atoms with Crippen LogP contribution in [0.2, 0.25) is 0 Å². The van der Waals surface area contributed by atoms with E-state index in [4.69, 9.17) is 5.84 Å². The van der Waals surface area contributed by atoms with E-state index >= 15 is 4.39 Å². The van der Waals surface area contributed by atoms with Crippen molar-refractivity contribution in [2.24, 2.45) is 10.9 Å². The molecule has 2 aromatic carbocycles. The second-order valence-electron chi connectivity index (χ2n) is 8.13. The molecule has 8 nitrogen and oxygen atoms in total. The van der Waals surface area contributed by atoms with Crippen LogP contribution in [0.4, 0.5) is 14.5 Å². The number of fused-ring (bicyclic) bond motifs is 1. The van der Waals surface area contributed by atoms with Gasteiger partial charge in [0.25, 0.3) is 0 Å². The van der Waals surface area contributed by atoms with Gasteiger partial charge in [0.05, 0.1) is 16.9 Å². The number of anilines is 1. The summed E-state index contributed by atoms with van der Waals surface area (Å²) < 4.78 is 29.9. The highest BCUT2D eigenvalue weighted by molar-refractivity contribution is 6.01. The van der Waals surface area contributed by atoms with Crippen molar-refractivity contribution >= 4 is 28.3 Å². The first-order valence-corrected chi connectivity index (χ1v) is 10.9. The fourth-order valence-corrected chi connectivity index (χ4v) is 4.26. The average Bonchev–Trinajstić information content (AvgIpc) is 2.83. The van der Waals surface area contributed by atoms with E-state index in [-0.39, 0.29) is 16.8 Å². The van der Waals surface area contributed by atoms with E-state index in [1.165, 1.54) is 18.3 Å². The van der Waals surface area contributed by atoms with E-state index in [0.29, 0.717) is 56.2 Å². The molecule has 10 heteroatoms. The predicted molar refractivity (Wildman–Crippen MR) is 127 cm³/mol. The van der Waals surface area contributed by atoms with E-state index in [1.807, 2.05) is 11.8 Å². The minimum absolute atomic E-state index is 0.0460. The van der Waals surface area contributed by atoms with Gasteiger partial charge in [0.15, 0.2) is 0 Å². The fraction of sp³-hybridized carbons (Fsp3) is 0.292. The van der Waals surface area contributed by atoms with Crippen molar-refractivity contribution in [3.05, 3.63) is 75.6 Å². The van der Waals surface area contributed by atoms with Gasteiger partial charge in [-0.15, -0.1) is 0 Å². The lowest BCUT2D eigenvalue weighted by Gasteiger charge is -2.36. The Bertz CT molecular complexity index is 1310. The van der Waals surface area contributed by atoms with Gasteiger partial charge in [-0.2, -0.15) is 5.10 Å². The molecule has 0 amide bonds. The summed E-state index contributed by atoms with van der Waals surface area (Å²) in [6, 6.07) is 8.72. The number of hydrazone groups is 1. The summed E-state index contributed by atoms with van der Waals surface area (Å²) in [6.07, 6.45) is 1.30. The largest absolute Gasteiger partial charge is 0.477 e. The average molecular weight is 469 g/mol. The Morgan fingerprint density at radius 2 is 1.79 bits per heavy atom. The number of halogens is 2. The summed E-state index contributed by atoms with van der Waals surface area (Å²) in [5.74, 6) is 3.32. The molecule has 2 heterocycles. The van der Waals surface area contributed by atoms with Crippen LogP contribution in [0, 0.1) is 11.6 Å². The minimum Gasteiger partial charge on any atom is -0.477 e. The Kier molecular flexibility index (Phi) is 6.60. The molecule has 1 saturated heterocycles. The molecular weight excluding hydrogens is 444 g/mol. The topological polar surface area (TPSA) is 104 Å². The first kappa shape index (κ1) is 23.4. The van der Waals surface area contributed by atoms with Gasteiger partial charge in [-0.25, -0.2) is 13.6 Å². The Balaban J connectivity index is 1.54. The highest BCUT2D eigenvalue weighted by atomic mass is 19.1. The number of aromatic nitrogens is 1. The van der Waals surface area contributed by atoms with Gasteiger partial charge < -0.3 is 20.4 Å². The number of nitrogens with two attached hydrogens (primary N) is 1. The first-order valence-electron chi connectivity index (χ1n) is 10.9. The zero-order valence-electron chi connectivity index (χ0n) is 18.7. The van der Waals surface area contributed by atoms with Gasteiger partial charge in [-0.05, 0) is 36.8 Å². The van der Waals surface area contributed by atoms with E-state index in [2.05, 4.69) is 10.0 Å².